The lowest BCUT2D eigenvalue weighted by atomic mass is 9.94. The topological polar surface area (TPSA) is 79.7 Å². The average molecular weight is 537 g/mol. The number of ether oxygens (including phenoxy) is 1. The number of aromatic nitrogens is 1. The molecule has 6 nitrogen and oxygen atoms in total. The molecule has 0 unspecified atom stereocenters. The van der Waals surface area contributed by atoms with Crippen molar-refractivity contribution in [2.24, 2.45) is 0 Å². The Bertz CT molecular complexity index is 1600. The number of Topliss-reactive ketones (excluding diaryl/α,β-unsaturated/α-hetero) is 1. The van der Waals surface area contributed by atoms with Crippen molar-refractivity contribution in [3.8, 4) is 5.75 Å². The summed E-state index contributed by atoms with van der Waals surface area (Å²) in [4.78, 5) is 32.8. The van der Waals surface area contributed by atoms with E-state index in [1.54, 1.807) is 60.7 Å². The Morgan fingerprint density at radius 1 is 1.06 bits per heavy atom. The predicted molar refractivity (Wildman–Crippen MR) is 141 cm³/mol. The van der Waals surface area contributed by atoms with E-state index in [1.807, 2.05) is 6.92 Å². The third-order valence-electron chi connectivity index (χ3n) is 6.34. The van der Waals surface area contributed by atoms with E-state index in [0.29, 0.717) is 38.2 Å². The molecule has 3 aromatic carbocycles. The van der Waals surface area contributed by atoms with Crippen molar-refractivity contribution in [3.05, 3.63) is 93.0 Å². The molecule has 2 atom stereocenters. The van der Waals surface area contributed by atoms with Crippen LogP contribution >= 0.6 is 34.5 Å². The molecule has 1 N–H and O–H groups in total. The van der Waals surface area contributed by atoms with Gasteiger partial charge in [0.05, 0.1) is 21.8 Å². The van der Waals surface area contributed by atoms with Crippen molar-refractivity contribution in [1.29, 1.82) is 0 Å². The highest BCUT2D eigenvalue weighted by Crippen LogP contribution is 2.45. The van der Waals surface area contributed by atoms with Crippen molar-refractivity contribution < 1.29 is 19.4 Å². The molecule has 2 aliphatic rings. The lowest BCUT2D eigenvalue weighted by Gasteiger charge is -2.23. The molecule has 36 heavy (non-hydrogen) atoms. The number of fused-ring (bicyclic) bond motifs is 2. The third kappa shape index (κ3) is 3.75. The number of ketones is 1. The number of carbonyl (C=O) groups is 2. The summed E-state index contributed by atoms with van der Waals surface area (Å²) in [6, 6.07) is 16.5. The molecule has 1 amide bonds. The zero-order valence-corrected chi connectivity index (χ0v) is 21.2. The number of halogens is 2. The number of aliphatic hydroxyl groups excluding tert-OH is 1. The van der Waals surface area contributed by atoms with Crippen LogP contribution in [0.4, 0.5) is 5.13 Å². The number of thiazole rings is 1. The Balaban J connectivity index is 1.53. The van der Waals surface area contributed by atoms with Gasteiger partial charge in [0.25, 0.3) is 5.78 Å². The van der Waals surface area contributed by atoms with Crippen LogP contribution in [0.5, 0.6) is 5.75 Å². The summed E-state index contributed by atoms with van der Waals surface area (Å²) in [7, 11) is 0. The molecule has 2 aliphatic heterocycles. The fourth-order valence-electron chi connectivity index (χ4n) is 4.70. The first-order valence-corrected chi connectivity index (χ1v) is 12.8. The number of carbonyl (C=O) groups excluding carboxylic acids is 2. The van der Waals surface area contributed by atoms with E-state index < -0.39 is 17.7 Å². The predicted octanol–water partition coefficient (Wildman–Crippen LogP) is 6.55. The summed E-state index contributed by atoms with van der Waals surface area (Å²) in [5.74, 6) is -1.04. The minimum Gasteiger partial charge on any atom is -0.507 e. The Labute approximate surface area is 220 Å². The molecule has 9 heteroatoms. The van der Waals surface area contributed by atoms with E-state index in [9.17, 15) is 14.7 Å². The number of amides is 1. The zero-order chi connectivity index (χ0) is 25.1. The van der Waals surface area contributed by atoms with Crippen LogP contribution in [0.2, 0.25) is 10.0 Å². The maximum Gasteiger partial charge on any atom is 0.301 e. The number of aliphatic hydroxyl groups is 1. The smallest absolute Gasteiger partial charge is 0.301 e. The van der Waals surface area contributed by atoms with Gasteiger partial charge in [-0.3, -0.25) is 14.5 Å². The molecule has 0 bridgehead atoms. The van der Waals surface area contributed by atoms with Crippen LogP contribution in [0, 0.1) is 0 Å². The van der Waals surface area contributed by atoms with E-state index in [0.717, 1.165) is 16.0 Å². The molecular formula is C27H18Cl2N2O4S. The number of rotatable bonds is 3. The van der Waals surface area contributed by atoms with E-state index in [1.165, 1.54) is 16.2 Å². The lowest BCUT2D eigenvalue weighted by molar-refractivity contribution is -0.132. The Kier molecular flexibility index (Phi) is 5.52. The van der Waals surface area contributed by atoms with Crippen LogP contribution in [0.25, 0.3) is 16.0 Å². The van der Waals surface area contributed by atoms with Gasteiger partial charge in [-0.05, 0) is 66.6 Å². The van der Waals surface area contributed by atoms with Crippen molar-refractivity contribution in [2.45, 2.75) is 25.5 Å². The quantitative estimate of drug-likeness (QED) is 0.182. The summed E-state index contributed by atoms with van der Waals surface area (Å²) < 4.78 is 6.54. The second-order valence-electron chi connectivity index (χ2n) is 8.78. The molecule has 1 aromatic heterocycles. The fraction of sp³-hybridized carbons (Fsp3) is 0.148. The fourth-order valence-corrected chi connectivity index (χ4v) is 6.10. The Morgan fingerprint density at radius 2 is 1.81 bits per heavy atom. The average Bonchev–Trinajstić information content (AvgIpc) is 3.51. The number of nitrogens with zero attached hydrogens (tertiary/aromatic N) is 2. The Hall–Kier alpha value is -3.39. The van der Waals surface area contributed by atoms with E-state index in [-0.39, 0.29) is 17.4 Å². The van der Waals surface area contributed by atoms with E-state index >= 15 is 0 Å². The zero-order valence-electron chi connectivity index (χ0n) is 18.9. The molecule has 0 radical (unpaired) electrons. The molecule has 0 saturated carbocycles. The summed E-state index contributed by atoms with van der Waals surface area (Å²) in [6.45, 7) is 1.97. The van der Waals surface area contributed by atoms with Gasteiger partial charge in [-0.25, -0.2) is 4.98 Å². The van der Waals surface area contributed by atoms with Gasteiger partial charge < -0.3 is 9.84 Å². The molecule has 1 saturated heterocycles. The molecule has 1 fully saturated rings. The van der Waals surface area contributed by atoms with E-state index in [2.05, 4.69) is 4.98 Å². The second-order valence-corrected chi connectivity index (χ2v) is 10.7. The van der Waals surface area contributed by atoms with E-state index in [4.69, 9.17) is 27.9 Å². The van der Waals surface area contributed by atoms with Crippen molar-refractivity contribution >= 4 is 67.3 Å². The van der Waals surface area contributed by atoms with Gasteiger partial charge in [0, 0.05) is 22.0 Å². The summed E-state index contributed by atoms with van der Waals surface area (Å²) in [6.07, 6.45) is 0.726. The van der Waals surface area contributed by atoms with Crippen LogP contribution in [0.1, 0.15) is 29.7 Å². The van der Waals surface area contributed by atoms with Gasteiger partial charge in [0.2, 0.25) is 0 Å². The third-order valence-corrected chi connectivity index (χ3v) is 7.85. The highest BCUT2D eigenvalue weighted by Gasteiger charge is 2.48. The maximum absolute atomic E-state index is 13.4. The normalized spacial score (nSPS) is 20.7. The van der Waals surface area contributed by atoms with Crippen LogP contribution in [0.15, 0.2) is 66.2 Å². The molecule has 6 rings (SSSR count). The number of anilines is 1. The number of hydrogen-bond donors (Lipinski definition) is 1. The first-order valence-electron chi connectivity index (χ1n) is 11.2. The Morgan fingerprint density at radius 3 is 2.58 bits per heavy atom. The van der Waals surface area contributed by atoms with Gasteiger partial charge in [-0.2, -0.15) is 0 Å². The van der Waals surface area contributed by atoms with Crippen LogP contribution < -0.4 is 9.64 Å². The first kappa shape index (κ1) is 23.0. The first-order chi connectivity index (χ1) is 17.3. The van der Waals surface area contributed by atoms with Gasteiger partial charge in [0.1, 0.15) is 17.6 Å². The van der Waals surface area contributed by atoms with Crippen LogP contribution in [0.3, 0.4) is 0 Å². The molecule has 180 valence electrons. The van der Waals surface area contributed by atoms with Crippen molar-refractivity contribution in [1.82, 2.24) is 4.98 Å². The van der Waals surface area contributed by atoms with Crippen LogP contribution in [-0.2, 0) is 16.0 Å². The minimum atomic E-state index is -0.887. The number of hydrogen-bond acceptors (Lipinski definition) is 6. The molecule has 0 aliphatic carbocycles. The standard InChI is InChI=1S/C27H18Cl2N2O4S/c1-13-10-16-11-15(4-9-20(16)35-13)24(32)22-23(14-2-5-17(28)6-3-14)31(26(34)25(22)33)27-30-19-8-7-18(29)12-21(19)36-27/h2-9,11-13,23,32H,10H2,1H3/t13-,23+/m0/s1. The summed E-state index contributed by atoms with van der Waals surface area (Å²) in [5, 5.41) is 12.8. The molecule has 0 spiro atoms. The molecular weight excluding hydrogens is 519 g/mol. The minimum absolute atomic E-state index is 0.00785. The summed E-state index contributed by atoms with van der Waals surface area (Å²) >= 11 is 13.5. The second kappa shape index (κ2) is 8.62. The van der Waals surface area contributed by atoms with Crippen LogP contribution in [-0.4, -0.2) is 27.9 Å². The largest absolute Gasteiger partial charge is 0.507 e. The summed E-state index contributed by atoms with van der Waals surface area (Å²) in [5.41, 5.74) is 2.65. The van der Waals surface area contributed by atoms with Gasteiger partial charge in [-0.1, -0.05) is 46.7 Å². The maximum atomic E-state index is 13.4. The van der Waals surface area contributed by atoms with Gasteiger partial charge in [0.15, 0.2) is 5.13 Å². The lowest BCUT2D eigenvalue weighted by Crippen LogP contribution is -2.29. The van der Waals surface area contributed by atoms with Crippen molar-refractivity contribution in [2.75, 3.05) is 4.90 Å². The number of benzene rings is 3. The van der Waals surface area contributed by atoms with Gasteiger partial charge in [-0.15, -0.1) is 0 Å². The van der Waals surface area contributed by atoms with Crippen molar-refractivity contribution in [3.63, 3.8) is 0 Å². The molecule has 3 heterocycles. The highest BCUT2D eigenvalue weighted by atomic mass is 35.5. The van der Waals surface area contributed by atoms with Gasteiger partial charge >= 0.3 is 5.91 Å². The SMILES string of the molecule is C[C@H]1Cc2cc(C(O)=C3C(=O)C(=O)N(c4nc5ccc(Cl)cc5s4)[C@@H]3c3ccc(Cl)cc3)ccc2O1. The highest BCUT2D eigenvalue weighted by molar-refractivity contribution is 7.22. The monoisotopic (exact) mass is 536 g/mol. The molecule has 4 aromatic rings.